The molecule has 1 aromatic carbocycles. The second kappa shape index (κ2) is 6.41. The van der Waals surface area contributed by atoms with Crippen molar-refractivity contribution < 1.29 is 0 Å². The summed E-state index contributed by atoms with van der Waals surface area (Å²) in [6, 6.07) is 9.32. The molecule has 1 N–H and O–H groups in total. The summed E-state index contributed by atoms with van der Waals surface area (Å²) in [5.41, 5.74) is 1.34. The van der Waals surface area contributed by atoms with Gasteiger partial charge in [0.05, 0.1) is 0 Å². The van der Waals surface area contributed by atoms with E-state index >= 15 is 0 Å². The first-order valence-corrected chi connectivity index (χ1v) is 7.33. The normalized spacial score (nSPS) is 17.4. The maximum atomic E-state index is 3.62. The highest BCUT2D eigenvalue weighted by Gasteiger charge is 2.18. The molecule has 1 aromatic rings. The molecule has 0 saturated carbocycles. The Labute approximate surface area is 113 Å². The fraction of sp³-hybridized carbons (Fsp3) is 0.571. The summed E-state index contributed by atoms with van der Waals surface area (Å²) in [7, 11) is 0. The number of anilines is 1. The number of halogens is 1. The molecule has 0 amide bonds. The molecule has 1 saturated heterocycles. The number of hydrogen-bond donors (Lipinski definition) is 1. The number of rotatable bonds is 4. The zero-order valence-corrected chi connectivity index (χ0v) is 12.0. The lowest BCUT2D eigenvalue weighted by Crippen LogP contribution is -2.42. The minimum Gasteiger partial charge on any atom is -0.371 e. The van der Waals surface area contributed by atoms with Crippen molar-refractivity contribution in [2.75, 3.05) is 24.5 Å². The van der Waals surface area contributed by atoms with Gasteiger partial charge in [-0.15, -0.1) is 0 Å². The highest BCUT2D eigenvalue weighted by molar-refractivity contribution is 9.10. The number of nitrogens with one attached hydrogen (secondary N) is 1. The van der Waals surface area contributed by atoms with Crippen LogP contribution in [0.4, 0.5) is 5.69 Å². The van der Waals surface area contributed by atoms with Gasteiger partial charge in [0.1, 0.15) is 0 Å². The lowest BCUT2D eigenvalue weighted by atomic mass is 10.0. The van der Waals surface area contributed by atoms with Crippen molar-refractivity contribution in [3.63, 3.8) is 0 Å². The zero-order valence-electron chi connectivity index (χ0n) is 10.5. The van der Waals surface area contributed by atoms with Crippen LogP contribution in [0.5, 0.6) is 0 Å². The van der Waals surface area contributed by atoms with E-state index in [0.717, 1.165) is 25.7 Å². The van der Waals surface area contributed by atoms with Crippen LogP contribution in [0, 0.1) is 0 Å². The van der Waals surface area contributed by atoms with Gasteiger partial charge in [-0.2, -0.15) is 0 Å². The molecule has 1 aliphatic rings. The molecule has 0 radical (unpaired) electrons. The molecule has 17 heavy (non-hydrogen) atoms. The van der Waals surface area contributed by atoms with Crippen LogP contribution in [0.25, 0.3) is 0 Å². The van der Waals surface area contributed by atoms with Crippen LogP contribution in [0.1, 0.15) is 26.2 Å². The van der Waals surface area contributed by atoms with Crippen molar-refractivity contribution in [2.45, 2.75) is 32.2 Å². The van der Waals surface area contributed by atoms with E-state index in [4.69, 9.17) is 0 Å². The smallest absolute Gasteiger partial charge is 0.0377 e. The molecule has 0 bridgehead atoms. The quantitative estimate of drug-likeness (QED) is 0.916. The van der Waals surface area contributed by atoms with E-state index in [2.05, 4.69) is 57.3 Å². The maximum absolute atomic E-state index is 3.62. The Kier molecular flexibility index (Phi) is 4.86. The van der Waals surface area contributed by atoms with E-state index in [1.807, 2.05) is 0 Å². The molecular weight excluding hydrogens is 276 g/mol. The molecule has 3 heteroatoms. The number of nitrogens with zero attached hydrogens (tertiary/aromatic N) is 1. The van der Waals surface area contributed by atoms with Crippen LogP contribution >= 0.6 is 15.9 Å². The van der Waals surface area contributed by atoms with Crippen LogP contribution in [-0.2, 0) is 0 Å². The summed E-state index contributed by atoms with van der Waals surface area (Å²) < 4.78 is 1.17. The van der Waals surface area contributed by atoms with Crippen LogP contribution in [0.2, 0.25) is 0 Å². The van der Waals surface area contributed by atoms with Gasteiger partial charge in [-0.3, -0.25) is 0 Å². The standard InChI is InChI=1S/C14H21BrN2/c1-2-8-16-13-6-9-17(10-7-13)14-5-3-4-12(15)11-14/h3-5,11,13,16H,2,6-10H2,1H3. The van der Waals surface area contributed by atoms with Gasteiger partial charge in [-0.1, -0.05) is 28.9 Å². The predicted molar refractivity (Wildman–Crippen MR) is 77.7 cm³/mol. The molecule has 0 spiro atoms. The Balaban J connectivity index is 1.86. The molecular formula is C14H21BrN2. The Morgan fingerprint density at radius 1 is 1.35 bits per heavy atom. The van der Waals surface area contributed by atoms with Gasteiger partial charge in [0, 0.05) is 29.3 Å². The van der Waals surface area contributed by atoms with Crippen molar-refractivity contribution in [2.24, 2.45) is 0 Å². The van der Waals surface area contributed by atoms with E-state index < -0.39 is 0 Å². The van der Waals surface area contributed by atoms with E-state index in [0.29, 0.717) is 0 Å². The van der Waals surface area contributed by atoms with Crippen molar-refractivity contribution in [3.8, 4) is 0 Å². The Bertz CT molecular complexity index is 346. The van der Waals surface area contributed by atoms with Gasteiger partial charge in [-0.25, -0.2) is 0 Å². The molecule has 1 heterocycles. The monoisotopic (exact) mass is 296 g/mol. The molecule has 0 aliphatic carbocycles. The van der Waals surface area contributed by atoms with E-state index in [-0.39, 0.29) is 0 Å². The van der Waals surface area contributed by atoms with Crippen LogP contribution in [-0.4, -0.2) is 25.7 Å². The van der Waals surface area contributed by atoms with Gasteiger partial charge in [-0.05, 0) is 44.0 Å². The Morgan fingerprint density at radius 2 is 2.12 bits per heavy atom. The summed E-state index contributed by atoms with van der Waals surface area (Å²) >= 11 is 3.54. The van der Waals surface area contributed by atoms with Gasteiger partial charge >= 0.3 is 0 Å². The lowest BCUT2D eigenvalue weighted by molar-refractivity contribution is 0.416. The van der Waals surface area contributed by atoms with E-state index in [9.17, 15) is 0 Å². The first-order valence-electron chi connectivity index (χ1n) is 6.53. The van der Waals surface area contributed by atoms with Gasteiger partial charge in [0.25, 0.3) is 0 Å². The first-order chi connectivity index (χ1) is 8.29. The third-order valence-electron chi connectivity index (χ3n) is 3.35. The minimum absolute atomic E-state index is 0.721. The number of hydrogen-bond acceptors (Lipinski definition) is 2. The Hall–Kier alpha value is -0.540. The molecule has 2 rings (SSSR count). The second-order valence-corrected chi connectivity index (χ2v) is 5.61. The largest absolute Gasteiger partial charge is 0.371 e. The summed E-state index contributed by atoms with van der Waals surface area (Å²) in [6.07, 6.45) is 3.74. The summed E-state index contributed by atoms with van der Waals surface area (Å²) in [4.78, 5) is 2.48. The second-order valence-electron chi connectivity index (χ2n) is 4.70. The lowest BCUT2D eigenvalue weighted by Gasteiger charge is -2.34. The Morgan fingerprint density at radius 3 is 2.76 bits per heavy atom. The fourth-order valence-corrected chi connectivity index (χ4v) is 2.75. The van der Waals surface area contributed by atoms with Crippen LogP contribution < -0.4 is 10.2 Å². The third-order valence-corrected chi connectivity index (χ3v) is 3.84. The maximum Gasteiger partial charge on any atom is 0.0377 e. The highest BCUT2D eigenvalue weighted by atomic mass is 79.9. The van der Waals surface area contributed by atoms with Crippen molar-refractivity contribution >= 4 is 21.6 Å². The molecule has 0 atom stereocenters. The molecule has 0 aromatic heterocycles. The first kappa shape index (κ1) is 12.9. The topological polar surface area (TPSA) is 15.3 Å². The third kappa shape index (κ3) is 3.71. The zero-order chi connectivity index (χ0) is 12.1. The molecule has 1 aliphatic heterocycles. The highest BCUT2D eigenvalue weighted by Crippen LogP contribution is 2.23. The summed E-state index contributed by atoms with van der Waals surface area (Å²) in [5.74, 6) is 0. The molecule has 1 fully saturated rings. The van der Waals surface area contributed by atoms with E-state index in [1.54, 1.807) is 0 Å². The predicted octanol–water partition coefficient (Wildman–Crippen LogP) is 3.42. The summed E-state index contributed by atoms with van der Waals surface area (Å²) in [6.45, 7) is 5.71. The summed E-state index contributed by atoms with van der Waals surface area (Å²) in [5, 5.41) is 3.62. The van der Waals surface area contributed by atoms with Crippen LogP contribution in [0.3, 0.4) is 0 Å². The van der Waals surface area contributed by atoms with Crippen molar-refractivity contribution in [1.29, 1.82) is 0 Å². The van der Waals surface area contributed by atoms with Crippen molar-refractivity contribution in [3.05, 3.63) is 28.7 Å². The molecule has 2 nitrogen and oxygen atoms in total. The SMILES string of the molecule is CCCNC1CCN(c2cccc(Br)c2)CC1. The number of piperidine rings is 1. The molecule has 0 unspecified atom stereocenters. The van der Waals surface area contributed by atoms with E-state index in [1.165, 1.54) is 29.4 Å². The van der Waals surface area contributed by atoms with Gasteiger partial charge in [0.15, 0.2) is 0 Å². The fourth-order valence-electron chi connectivity index (χ4n) is 2.36. The number of benzene rings is 1. The average Bonchev–Trinajstić information content (AvgIpc) is 2.37. The van der Waals surface area contributed by atoms with Gasteiger partial charge in [0.2, 0.25) is 0 Å². The van der Waals surface area contributed by atoms with Crippen molar-refractivity contribution in [1.82, 2.24) is 5.32 Å². The van der Waals surface area contributed by atoms with Crippen LogP contribution in [0.15, 0.2) is 28.7 Å². The van der Waals surface area contributed by atoms with Gasteiger partial charge < -0.3 is 10.2 Å². The minimum atomic E-state index is 0.721. The molecule has 94 valence electrons. The average molecular weight is 297 g/mol.